The van der Waals surface area contributed by atoms with Gasteiger partial charge in [-0.3, -0.25) is 0 Å². The molecule has 2 N–H and O–H groups in total. The maximum absolute atomic E-state index is 10.8. The molecule has 5 rings (SSSR count). The third kappa shape index (κ3) is 1.49. The van der Waals surface area contributed by atoms with Gasteiger partial charge in [0.2, 0.25) is 0 Å². The molecule has 1 saturated heterocycles. The van der Waals surface area contributed by atoms with Crippen LogP contribution < -0.4 is 9.47 Å². The monoisotopic (exact) mass is 317 g/mol. The molecule has 1 aromatic carbocycles. The maximum Gasteiger partial charge on any atom is 0.165 e. The van der Waals surface area contributed by atoms with Gasteiger partial charge >= 0.3 is 0 Å². The van der Waals surface area contributed by atoms with Crippen molar-refractivity contribution in [3.8, 4) is 11.5 Å². The summed E-state index contributed by atoms with van der Waals surface area (Å²) in [5, 5.41) is 21.5. The zero-order valence-electron chi connectivity index (χ0n) is 13.5. The van der Waals surface area contributed by atoms with Crippen LogP contribution in [0.3, 0.4) is 0 Å². The van der Waals surface area contributed by atoms with Crippen molar-refractivity contribution in [3.05, 3.63) is 23.3 Å². The van der Waals surface area contributed by atoms with Gasteiger partial charge in [0.05, 0.1) is 19.3 Å². The molecule has 0 aromatic heterocycles. The average molecular weight is 317 g/mol. The van der Waals surface area contributed by atoms with Crippen LogP contribution in [0.5, 0.6) is 11.5 Å². The Bertz CT molecular complexity index is 677. The minimum atomic E-state index is -0.631. The number of piperidine rings is 1. The van der Waals surface area contributed by atoms with Crippen molar-refractivity contribution in [3.63, 3.8) is 0 Å². The lowest BCUT2D eigenvalue weighted by Gasteiger charge is -2.59. The van der Waals surface area contributed by atoms with E-state index in [0.29, 0.717) is 12.5 Å². The number of likely N-dealkylation sites (tertiary alicyclic amines) is 1. The molecule has 2 bridgehead atoms. The number of likely N-dealkylation sites (N-methyl/N-ethyl adjacent to an activating group) is 1. The third-order valence-electron chi connectivity index (χ3n) is 6.78. The SMILES string of the molecule is COc1ccc2c3c1O[C@H]1C(O)CC(O)C4[C@@H](C2)N(C)CC[C@@]341. The van der Waals surface area contributed by atoms with Crippen LogP contribution in [0.1, 0.15) is 24.0 Å². The van der Waals surface area contributed by atoms with Crippen molar-refractivity contribution in [1.29, 1.82) is 0 Å². The average Bonchev–Trinajstić information content (AvgIpc) is 2.88. The van der Waals surface area contributed by atoms with E-state index in [1.54, 1.807) is 7.11 Å². The number of rotatable bonds is 1. The summed E-state index contributed by atoms with van der Waals surface area (Å²) in [4.78, 5) is 2.37. The number of hydrogen-bond donors (Lipinski definition) is 2. The van der Waals surface area contributed by atoms with E-state index in [-0.39, 0.29) is 17.4 Å². The Morgan fingerprint density at radius 1 is 1.30 bits per heavy atom. The highest BCUT2D eigenvalue weighted by molar-refractivity contribution is 5.61. The van der Waals surface area contributed by atoms with Gasteiger partial charge in [-0.05, 0) is 38.1 Å². The van der Waals surface area contributed by atoms with Crippen molar-refractivity contribution in [2.45, 2.75) is 49.0 Å². The van der Waals surface area contributed by atoms with Gasteiger partial charge in [-0.2, -0.15) is 0 Å². The topological polar surface area (TPSA) is 62.2 Å². The van der Waals surface area contributed by atoms with E-state index < -0.39 is 12.2 Å². The highest BCUT2D eigenvalue weighted by Gasteiger charge is 2.67. The third-order valence-corrected chi connectivity index (χ3v) is 6.78. The zero-order valence-corrected chi connectivity index (χ0v) is 13.5. The minimum absolute atomic E-state index is 0.121. The van der Waals surface area contributed by atoms with Crippen LogP contribution in [0.15, 0.2) is 12.1 Å². The van der Waals surface area contributed by atoms with Crippen LogP contribution in [0.25, 0.3) is 0 Å². The highest BCUT2D eigenvalue weighted by Crippen LogP contribution is 2.63. The Labute approximate surface area is 135 Å². The van der Waals surface area contributed by atoms with Gasteiger partial charge in [0, 0.05) is 29.4 Å². The van der Waals surface area contributed by atoms with Crippen LogP contribution in [0, 0.1) is 5.92 Å². The highest BCUT2D eigenvalue weighted by atomic mass is 16.5. The van der Waals surface area contributed by atoms with E-state index in [1.165, 1.54) is 11.1 Å². The van der Waals surface area contributed by atoms with E-state index in [9.17, 15) is 10.2 Å². The lowest BCUT2D eigenvalue weighted by molar-refractivity contribution is -0.150. The fraction of sp³-hybridized carbons (Fsp3) is 0.667. The standard InChI is InChI=1S/C18H23NO4/c1-19-6-5-18-14-9-3-4-13(22-2)16(14)23-17(18)12(21)8-11(20)15(18)10(19)7-9/h3-4,10-12,15,17,20-21H,5-8H2,1-2H3/t10-,11?,12?,15?,17+,18-/m1/s1. The molecule has 124 valence electrons. The predicted molar refractivity (Wildman–Crippen MR) is 83.9 cm³/mol. The summed E-state index contributed by atoms with van der Waals surface area (Å²) in [5.41, 5.74) is 2.22. The molecule has 6 atom stereocenters. The molecule has 5 nitrogen and oxygen atoms in total. The number of benzene rings is 1. The first kappa shape index (κ1) is 14.1. The Morgan fingerprint density at radius 3 is 2.91 bits per heavy atom. The van der Waals surface area contributed by atoms with Crippen LogP contribution >= 0.6 is 0 Å². The van der Waals surface area contributed by atoms with Crippen LogP contribution in [0.2, 0.25) is 0 Å². The molecular formula is C18H23NO4. The molecule has 2 aliphatic heterocycles. The fourth-order valence-electron chi connectivity index (χ4n) is 5.92. The molecule has 2 fully saturated rings. The second-order valence-corrected chi connectivity index (χ2v) is 7.61. The summed E-state index contributed by atoms with van der Waals surface area (Å²) in [5.74, 6) is 1.66. The summed E-state index contributed by atoms with van der Waals surface area (Å²) in [6.45, 7) is 0.969. The Balaban J connectivity index is 1.81. The van der Waals surface area contributed by atoms with Crippen molar-refractivity contribution in [1.82, 2.24) is 4.90 Å². The van der Waals surface area contributed by atoms with E-state index in [2.05, 4.69) is 18.0 Å². The quantitative estimate of drug-likeness (QED) is 0.798. The summed E-state index contributed by atoms with van der Waals surface area (Å²) < 4.78 is 11.8. The molecule has 3 unspecified atom stereocenters. The van der Waals surface area contributed by atoms with Gasteiger partial charge in [0.25, 0.3) is 0 Å². The molecule has 1 aromatic rings. The molecule has 23 heavy (non-hydrogen) atoms. The number of methoxy groups -OCH3 is 1. The summed E-state index contributed by atoms with van der Waals surface area (Å²) in [7, 11) is 3.81. The van der Waals surface area contributed by atoms with Gasteiger partial charge in [-0.1, -0.05) is 6.07 Å². The molecule has 1 saturated carbocycles. The van der Waals surface area contributed by atoms with Crippen LogP contribution in [-0.4, -0.2) is 60.2 Å². The van der Waals surface area contributed by atoms with Crippen molar-refractivity contribution < 1.29 is 19.7 Å². The summed E-state index contributed by atoms with van der Waals surface area (Å²) in [6, 6.07) is 4.42. The van der Waals surface area contributed by atoms with E-state index in [4.69, 9.17) is 9.47 Å². The van der Waals surface area contributed by atoms with Crippen LogP contribution in [0.4, 0.5) is 0 Å². The van der Waals surface area contributed by atoms with Gasteiger partial charge in [0.1, 0.15) is 6.10 Å². The van der Waals surface area contributed by atoms with E-state index >= 15 is 0 Å². The minimum Gasteiger partial charge on any atom is -0.493 e. The Hall–Kier alpha value is -1.30. The molecule has 0 amide bonds. The number of hydrogen-bond acceptors (Lipinski definition) is 5. The molecule has 5 heteroatoms. The lowest BCUT2D eigenvalue weighted by atomic mass is 9.50. The van der Waals surface area contributed by atoms with Gasteiger partial charge < -0.3 is 24.6 Å². The number of aliphatic hydroxyl groups is 2. The number of ether oxygens (including phenoxy) is 2. The Morgan fingerprint density at radius 2 is 2.13 bits per heavy atom. The van der Waals surface area contributed by atoms with Gasteiger partial charge in [0.15, 0.2) is 11.5 Å². The smallest absolute Gasteiger partial charge is 0.165 e. The fourth-order valence-corrected chi connectivity index (χ4v) is 5.92. The first-order valence-corrected chi connectivity index (χ1v) is 8.51. The maximum atomic E-state index is 10.8. The lowest BCUT2D eigenvalue weighted by Crippen LogP contribution is -2.70. The molecule has 2 aliphatic carbocycles. The normalized spacial score (nSPS) is 43.7. The molecule has 1 spiro atoms. The second-order valence-electron chi connectivity index (χ2n) is 7.61. The molecule has 4 aliphatic rings. The first-order chi connectivity index (χ1) is 11.1. The summed E-state index contributed by atoms with van der Waals surface area (Å²) >= 11 is 0. The van der Waals surface area contributed by atoms with Crippen molar-refractivity contribution in [2.75, 3.05) is 20.7 Å². The molecule has 2 heterocycles. The predicted octanol–water partition coefficient (Wildman–Crippen LogP) is 0.696. The second kappa shape index (κ2) is 4.41. The molecular weight excluding hydrogens is 294 g/mol. The number of nitrogens with zero attached hydrogens (tertiary/aromatic N) is 1. The number of aliphatic hydroxyl groups excluding tert-OH is 2. The largest absolute Gasteiger partial charge is 0.493 e. The van der Waals surface area contributed by atoms with Crippen molar-refractivity contribution in [2.24, 2.45) is 5.92 Å². The van der Waals surface area contributed by atoms with Crippen LogP contribution in [-0.2, 0) is 11.8 Å². The van der Waals surface area contributed by atoms with Gasteiger partial charge in [-0.15, -0.1) is 0 Å². The summed E-state index contributed by atoms with van der Waals surface area (Å²) in [6.07, 6.45) is 0.857. The van der Waals surface area contributed by atoms with E-state index in [1.807, 2.05) is 6.07 Å². The molecule has 0 radical (unpaired) electrons. The Kier molecular flexibility index (Phi) is 2.70. The van der Waals surface area contributed by atoms with Gasteiger partial charge in [-0.25, -0.2) is 0 Å². The van der Waals surface area contributed by atoms with E-state index in [0.717, 1.165) is 30.9 Å². The van der Waals surface area contributed by atoms with Crippen molar-refractivity contribution >= 4 is 0 Å². The zero-order chi connectivity index (χ0) is 15.9. The first-order valence-electron chi connectivity index (χ1n) is 8.51.